The van der Waals surface area contributed by atoms with Gasteiger partial charge in [0.1, 0.15) is 5.69 Å². The number of hydrogen-bond donors (Lipinski definition) is 1. The first-order valence-corrected chi connectivity index (χ1v) is 9.11. The minimum atomic E-state index is -3.62. The highest BCUT2D eigenvalue weighted by molar-refractivity contribution is 9.10. The second-order valence-corrected chi connectivity index (χ2v) is 7.78. The summed E-state index contributed by atoms with van der Waals surface area (Å²) in [5.74, 6) is -0.613. The third-order valence-corrected chi connectivity index (χ3v) is 4.63. The van der Waals surface area contributed by atoms with Gasteiger partial charge in [-0.3, -0.25) is 4.79 Å². The lowest BCUT2D eigenvalue weighted by Crippen LogP contribution is -2.17. The van der Waals surface area contributed by atoms with Crippen molar-refractivity contribution in [3.8, 4) is 0 Å². The standard InChI is InChI=1S/C12H8BrCl2N3O3S/c1-22(20,21)12-16-5-7(13)10(18-12)11(19)17-6-2-3-8(14)9(15)4-6/h2-5H,1H3,(H,17,19). The zero-order chi connectivity index (χ0) is 16.5. The van der Waals surface area contributed by atoms with E-state index >= 15 is 0 Å². The lowest BCUT2D eigenvalue weighted by Gasteiger charge is -2.08. The number of sulfone groups is 1. The number of nitrogens with one attached hydrogen (secondary N) is 1. The normalized spacial score (nSPS) is 11.3. The molecule has 1 amide bonds. The van der Waals surface area contributed by atoms with Crippen molar-refractivity contribution in [3.05, 3.63) is 44.6 Å². The maximum absolute atomic E-state index is 12.2. The van der Waals surface area contributed by atoms with Crippen molar-refractivity contribution >= 4 is 60.6 Å². The largest absolute Gasteiger partial charge is 0.321 e. The molecule has 2 rings (SSSR count). The van der Waals surface area contributed by atoms with Crippen LogP contribution in [-0.2, 0) is 9.84 Å². The van der Waals surface area contributed by atoms with Gasteiger partial charge in [0, 0.05) is 18.1 Å². The molecule has 1 aromatic heterocycles. The second-order valence-electron chi connectivity index (χ2n) is 4.20. The monoisotopic (exact) mass is 423 g/mol. The molecule has 0 spiro atoms. The Bertz CT molecular complexity index is 859. The van der Waals surface area contributed by atoms with Crippen molar-refractivity contribution in [2.45, 2.75) is 5.16 Å². The summed E-state index contributed by atoms with van der Waals surface area (Å²) in [4.78, 5) is 19.6. The van der Waals surface area contributed by atoms with E-state index in [4.69, 9.17) is 23.2 Å². The number of anilines is 1. The summed E-state index contributed by atoms with van der Waals surface area (Å²) in [5, 5.41) is 2.74. The van der Waals surface area contributed by atoms with E-state index in [-0.39, 0.29) is 15.2 Å². The molecule has 0 saturated heterocycles. The summed E-state index contributed by atoms with van der Waals surface area (Å²) in [7, 11) is -3.62. The third kappa shape index (κ3) is 3.95. The molecule has 22 heavy (non-hydrogen) atoms. The number of amides is 1. The number of carbonyl (C=O) groups is 1. The molecule has 0 atom stereocenters. The Morgan fingerprint density at radius 2 is 1.95 bits per heavy atom. The van der Waals surface area contributed by atoms with Gasteiger partial charge in [-0.1, -0.05) is 23.2 Å². The maximum Gasteiger partial charge on any atom is 0.275 e. The average molecular weight is 425 g/mol. The lowest BCUT2D eigenvalue weighted by molar-refractivity contribution is 0.102. The molecule has 0 radical (unpaired) electrons. The lowest BCUT2D eigenvalue weighted by atomic mass is 10.3. The number of carbonyl (C=O) groups excluding carboxylic acids is 1. The Hall–Kier alpha value is -1.22. The van der Waals surface area contributed by atoms with Gasteiger partial charge in [0.25, 0.3) is 5.91 Å². The summed E-state index contributed by atoms with van der Waals surface area (Å²) in [6, 6.07) is 4.55. The van der Waals surface area contributed by atoms with E-state index in [0.717, 1.165) is 6.26 Å². The minimum Gasteiger partial charge on any atom is -0.321 e. The molecule has 6 nitrogen and oxygen atoms in total. The molecule has 1 heterocycles. The summed E-state index contributed by atoms with van der Waals surface area (Å²) >= 11 is 14.8. The van der Waals surface area contributed by atoms with Gasteiger partial charge in [0.15, 0.2) is 0 Å². The van der Waals surface area contributed by atoms with Crippen LogP contribution in [0.25, 0.3) is 0 Å². The van der Waals surface area contributed by atoms with E-state index in [9.17, 15) is 13.2 Å². The Morgan fingerprint density at radius 1 is 1.27 bits per heavy atom. The molecule has 10 heteroatoms. The molecule has 0 bridgehead atoms. The van der Waals surface area contributed by atoms with Gasteiger partial charge < -0.3 is 5.32 Å². The molecule has 1 aromatic carbocycles. The van der Waals surface area contributed by atoms with Crippen LogP contribution in [0.15, 0.2) is 34.0 Å². The van der Waals surface area contributed by atoms with Gasteiger partial charge in [0.2, 0.25) is 15.0 Å². The van der Waals surface area contributed by atoms with Crippen molar-refractivity contribution in [2.75, 3.05) is 11.6 Å². The van der Waals surface area contributed by atoms with Crippen LogP contribution < -0.4 is 5.32 Å². The van der Waals surface area contributed by atoms with Crippen LogP contribution in [-0.4, -0.2) is 30.5 Å². The number of aromatic nitrogens is 2. The highest BCUT2D eigenvalue weighted by Crippen LogP contribution is 2.25. The van der Waals surface area contributed by atoms with E-state index in [1.807, 2.05) is 0 Å². The van der Waals surface area contributed by atoms with E-state index in [1.165, 1.54) is 18.3 Å². The fraction of sp³-hybridized carbons (Fsp3) is 0.0833. The summed E-state index contributed by atoms with van der Waals surface area (Å²) < 4.78 is 23.2. The molecule has 0 unspecified atom stereocenters. The predicted octanol–water partition coefficient (Wildman–Crippen LogP) is 3.20. The predicted molar refractivity (Wildman–Crippen MR) is 87.3 cm³/mol. The van der Waals surface area contributed by atoms with Crippen molar-refractivity contribution in [3.63, 3.8) is 0 Å². The van der Waals surface area contributed by atoms with Crippen LogP contribution in [0.5, 0.6) is 0 Å². The van der Waals surface area contributed by atoms with E-state index < -0.39 is 20.9 Å². The second kappa shape index (κ2) is 6.49. The minimum absolute atomic E-state index is 0.110. The highest BCUT2D eigenvalue weighted by Gasteiger charge is 2.19. The third-order valence-electron chi connectivity index (χ3n) is 2.45. The van der Waals surface area contributed by atoms with Crippen LogP contribution in [0.1, 0.15) is 10.5 Å². The van der Waals surface area contributed by atoms with Gasteiger partial charge in [-0.25, -0.2) is 18.4 Å². The van der Waals surface area contributed by atoms with Crippen LogP contribution in [0, 0.1) is 0 Å². The highest BCUT2D eigenvalue weighted by atomic mass is 79.9. The van der Waals surface area contributed by atoms with Crippen LogP contribution in [0.2, 0.25) is 10.0 Å². The first kappa shape index (κ1) is 17.1. The van der Waals surface area contributed by atoms with E-state index in [2.05, 4.69) is 31.2 Å². The number of hydrogen-bond acceptors (Lipinski definition) is 5. The van der Waals surface area contributed by atoms with Crippen LogP contribution in [0.4, 0.5) is 5.69 Å². The molecule has 0 aliphatic carbocycles. The molecule has 0 fully saturated rings. The Kier molecular flexibility index (Phi) is 5.06. The molecule has 0 saturated carbocycles. The molecular formula is C12H8BrCl2N3O3S. The Balaban J connectivity index is 2.35. The van der Waals surface area contributed by atoms with Gasteiger partial charge in [-0.15, -0.1) is 0 Å². The molecule has 0 aliphatic heterocycles. The van der Waals surface area contributed by atoms with Gasteiger partial charge in [-0.2, -0.15) is 0 Å². The number of halogens is 3. The van der Waals surface area contributed by atoms with Crippen molar-refractivity contribution in [1.29, 1.82) is 0 Å². The molecule has 1 N–H and O–H groups in total. The van der Waals surface area contributed by atoms with Crippen LogP contribution in [0.3, 0.4) is 0 Å². The summed E-state index contributed by atoms with van der Waals surface area (Å²) in [6.07, 6.45) is 2.16. The SMILES string of the molecule is CS(=O)(=O)c1ncc(Br)c(C(=O)Nc2ccc(Cl)c(Cl)c2)n1. The fourth-order valence-electron chi connectivity index (χ4n) is 1.45. The number of rotatable bonds is 3. The van der Waals surface area contributed by atoms with Gasteiger partial charge in [0.05, 0.1) is 14.5 Å². The van der Waals surface area contributed by atoms with E-state index in [1.54, 1.807) is 6.07 Å². The fourth-order valence-corrected chi connectivity index (χ4v) is 2.62. The quantitative estimate of drug-likeness (QED) is 0.764. The molecular weight excluding hydrogens is 417 g/mol. The molecule has 2 aromatic rings. The number of benzene rings is 1. The maximum atomic E-state index is 12.2. The molecule has 0 aliphatic rings. The van der Waals surface area contributed by atoms with Crippen molar-refractivity contribution in [2.24, 2.45) is 0 Å². The summed E-state index contributed by atoms with van der Waals surface area (Å²) in [6.45, 7) is 0. The van der Waals surface area contributed by atoms with Gasteiger partial charge in [-0.05, 0) is 34.1 Å². The first-order chi connectivity index (χ1) is 10.2. The number of nitrogens with zero attached hydrogens (tertiary/aromatic N) is 2. The van der Waals surface area contributed by atoms with Crippen molar-refractivity contribution in [1.82, 2.24) is 9.97 Å². The Morgan fingerprint density at radius 3 is 2.55 bits per heavy atom. The van der Waals surface area contributed by atoms with Crippen molar-refractivity contribution < 1.29 is 13.2 Å². The van der Waals surface area contributed by atoms with E-state index in [0.29, 0.717) is 10.7 Å². The zero-order valence-corrected chi connectivity index (χ0v) is 14.9. The topological polar surface area (TPSA) is 89.0 Å². The Labute approximate surface area is 144 Å². The summed E-state index contributed by atoms with van der Waals surface area (Å²) in [5.41, 5.74) is 0.285. The zero-order valence-electron chi connectivity index (χ0n) is 11.0. The van der Waals surface area contributed by atoms with Crippen LogP contribution >= 0.6 is 39.1 Å². The average Bonchev–Trinajstić information content (AvgIpc) is 2.42. The smallest absolute Gasteiger partial charge is 0.275 e. The van der Waals surface area contributed by atoms with Gasteiger partial charge >= 0.3 is 0 Å². The first-order valence-electron chi connectivity index (χ1n) is 5.67. The molecule has 116 valence electrons.